The van der Waals surface area contributed by atoms with Crippen LogP contribution in [-0.2, 0) is 12.9 Å². The number of hydrogen-bond acceptors (Lipinski definition) is 3. The Morgan fingerprint density at radius 1 is 1.58 bits per heavy atom. The minimum atomic E-state index is 0.396. The van der Waals surface area contributed by atoms with Crippen molar-refractivity contribution in [1.29, 1.82) is 0 Å². The molecule has 0 aliphatic carbocycles. The van der Waals surface area contributed by atoms with Gasteiger partial charge in [-0.1, -0.05) is 0 Å². The molecule has 0 bridgehead atoms. The van der Waals surface area contributed by atoms with Crippen molar-refractivity contribution >= 4 is 22.8 Å². The number of halogens is 1. The van der Waals surface area contributed by atoms with Gasteiger partial charge in [-0.15, -0.1) is 11.6 Å². The van der Waals surface area contributed by atoms with Crippen molar-refractivity contribution in [2.45, 2.75) is 5.88 Å². The molecule has 0 aliphatic rings. The SMILES string of the molecule is Cn1c(CCl)nc2cncnc21. The predicted molar refractivity (Wildman–Crippen MR) is 45.9 cm³/mol. The Hall–Kier alpha value is -1.16. The van der Waals surface area contributed by atoms with E-state index >= 15 is 0 Å². The van der Waals surface area contributed by atoms with Gasteiger partial charge >= 0.3 is 0 Å². The van der Waals surface area contributed by atoms with Crippen molar-refractivity contribution in [2.24, 2.45) is 7.05 Å². The van der Waals surface area contributed by atoms with Crippen LogP contribution in [0.25, 0.3) is 11.2 Å². The number of alkyl halides is 1. The minimum absolute atomic E-state index is 0.396. The Bertz CT molecular complexity index is 409. The van der Waals surface area contributed by atoms with Gasteiger partial charge in [0.05, 0.1) is 12.1 Å². The second-order valence-electron chi connectivity index (χ2n) is 2.45. The number of imidazole rings is 1. The number of rotatable bonds is 1. The Balaban J connectivity index is 2.78. The van der Waals surface area contributed by atoms with Crippen molar-refractivity contribution in [3.05, 3.63) is 18.3 Å². The van der Waals surface area contributed by atoms with Gasteiger partial charge in [-0.25, -0.2) is 15.0 Å². The quantitative estimate of drug-likeness (QED) is 0.621. The van der Waals surface area contributed by atoms with Crippen LogP contribution in [0.4, 0.5) is 0 Å². The van der Waals surface area contributed by atoms with Gasteiger partial charge in [0.2, 0.25) is 0 Å². The lowest BCUT2D eigenvalue weighted by atomic mass is 10.6. The van der Waals surface area contributed by atoms with E-state index in [0.29, 0.717) is 5.88 Å². The van der Waals surface area contributed by atoms with Crippen molar-refractivity contribution in [3.8, 4) is 0 Å². The van der Waals surface area contributed by atoms with Crippen LogP contribution in [0, 0.1) is 0 Å². The number of aryl methyl sites for hydroxylation is 1. The van der Waals surface area contributed by atoms with E-state index in [-0.39, 0.29) is 0 Å². The Kier molecular flexibility index (Phi) is 1.69. The van der Waals surface area contributed by atoms with Crippen molar-refractivity contribution in [1.82, 2.24) is 19.5 Å². The molecule has 2 aromatic heterocycles. The maximum Gasteiger partial charge on any atom is 0.163 e. The number of aromatic nitrogens is 4. The first kappa shape index (κ1) is 7.49. The average Bonchev–Trinajstić information content (AvgIpc) is 2.44. The topological polar surface area (TPSA) is 43.6 Å². The van der Waals surface area contributed by atoms with Gasteiger partial charge in [0.25, 0.3) is 0 Å². The molecule has 0 saturated heterocycles. The fraction of sp³-hybridized carbons (Fsp3) is 0.286. The summed E-state index contributed by atoms with van der Waals surface area (Å²) >= 11 is 5.67. The van der Waals surface area contributed by atoms with Crippen LogP contribution in [-0.4, -0.2) is 19.5 Å². The fourth-order valence-corrected chi connectivity index (χ4v) is 1.35. The smallest absolute Gasteiger partial charge is 0.163 e. The lowest BCUT2D eigenvalue weighted by molar-refractivity contribution is 0.861. The van der Waals surface area contributed by atoms with Crippen LogP contribution in [0.2, 0.25) is 0 Å². The van der Waals surface area contributed by atoms with Crippen LogP contribution in [0.1, 0.15) is 5.82 Å². The van der Waals surface area contributed by atoms with Gasteiger partial charge in [-0.05, 0) is 0 Å². The Labute approximate surface area is 74.2 Å². The third-order valence-corrected chi connectivity index (χ3v) is 1.99. The van der Waals surface area contributed by atoms with Gasteiger partial charge in [0, 0.05) is 7.05 Å². The molecule has 2 heterocycles. The molecule has 0 amide bonds. The predicted octanol–water partition coefficient (Wildman–Crippen LogP) is 1.10. The molecule has 0 unspecified atom stereocenters. The molecule has 0 aliphatic heterocycles. The Morgan fingerprint density at radius 2 is 2.42 bits per heavy atom. The molecule has 12 heavy (non-hydrogen) atoms. The van der Waals surface area contributed by atoms with Crippen LogP contribution in [0.15, 0.2) is 12.5 Å². The van der Waals surface area contributed by atoms with E-state index in [1.807, 2.05) is 11.6 Å². The van der Waals surface area contributed by atoms with E-state index in [9.17, 15) is 0 Å². The molecule has 0 aromatic carbocycles. The molecular formula is C7H7ClN4. The molecule has 0 saturated carbocycles. The fourth-order valence-electron chi connectivity index (χ4n) is 1.11. The van der Waals surface area contributed by atoms with E-state index in [4.69, 9.17) is 11.6 Å². The summed E-state index contributed by atoms with van der Waals surface area (Å²) < 4.78 is 1.87. The number of hydrogen-bond donors (Lipinski definition) is 0. The normalized spacial score (nSPS) is 10.8. The summed E-state index contributed by atoms with van der Waals surface area (Å²) in [6, 6.07) is 0. The number of nitrogens with zero attached hydrogens (tertiary/aromatic N) is 4. The zero-order valence-corrected chi connectivity index (χ0v) is 7.28. The molecule has 2 rings (SSSR count). The highest BCUT2D eigenvalue weighted by atomic mass is 35.5. The zero-order valence-electron chi connectivity index (χ0n) is 6.53. The third kappa shape index (κ3) is 0.956. The van der Waals surface area contributed by atoms with Crippen molar-refractivity contribution in [2.75, 3.05) is 0 Å². The van der Waals surface area contributed by atoms with Gasteiger partial charge in [-0.2, -0.15) is 0 Å². The molecule has 0 spiro atoms. The molecule has 2 aromatic rings. The van der Waals surface area contributed by atoms with Crippen molar-refractivity contribution < 1.29 is 0 Å². The maximum absolute atomic E-state index is 5.67. The largest absolute Gasteiger partial charge is 0.315 e. The first-order valence-corrected chi connectivity index (χ1v) is 4.03. The zero-order chi connectivity index (χ0) is 8.55. The molecule has 4 nitrogen and oxygen atoms in total. The maximum atomic E-state index is 5.67. The van der Waals surface area contributed by atoms with Gasteiger partial charge < -0.3 is 4.57 Å². The molecule has 0 fully saturated rings. The third-order valence-electron chi connectivity index (χ3n) is 1.75. The van der Waals surface area contributed by atoms with Crippen LogP contribution in [0.3, 0.4) is 0 Å². The minimum Gasteiger partial charge on any atom is -0.315 e. The molecule has 62 valence electrons. The van der Waals surface area contributed by atoms with E-state index in [1.54, 1.807) is 6.20 Å². The summed E-state index contributed by atoms with van der Waals surface area (Å²) in [5, 5.41) is 0. The summed E-state index contributed by atoms with van der Waals surface area (Å²) in [6.45, 7) is 0. The standard InChI is InChI=1S/C7H7ClN4/c1-12-6(2-8)11-5-3-9-4-10-7(5)12/h3-4H,2H2,1H3. The first-order valence-electron chi connectivity index (χ1n) is 3.50. The molecule has 0 radical (unpaired) electrons. The van der Waals surface area contributed by atoms with Crippen molar-refractivity contribution in [3.63, 3.8) is 0 Å². The highest BCUT2D eigenvalue weighted by Gasteiger charge is 2.06. The molecule has 0 N–H and O–H groups in total. The van der Waals surface area contributed by atoms with Crippen LogP contribution < -0.4 is 0 Å². The second kappa shape index (κ2) is 2.71. The second-order valence-corrected chi connectivity index (χ2v) is 2.72. The average molecular weight is 183 g/mol. The highest BCUT2D eigenvalue weighted by Crippen LogP contribution is 2.11. The summed E-state index contributed by atoms with van der Waals surface area (Å²) in [4.78, 5) is 12.2. The van der Waals surface area contributed by atoms with E-state index < -0.39 is 0 Å². The molecular weight excluding hydrogens is 176 g/mol. The monoisotopic (exact) mass is 182 g/mol. The van der Waals surface area contributed by atoms with E-state index in [2.05, 4.69) is 15.0 Å². The summed E-state index contributed by atoms with van der Waals surface area (Å²) in [6.07, 6.45) is 3.18. The summed E-state index contributed by atoms with van der Waals surface area (Å²) in [7, 11) is 1.89. The van der Waals surface area contributed by atoms with Gasteiger partial charge in [0.1, 0.15) is 17.7 Å². The summed E-state index contributed by atoms with van der Waals surface area (Å²) in [5.74, 6) is 1.21. The molecule has 5 heteroatoms. The first-order chi connectivity index (χ1) is 5.83. The van der Waals surface area contributed by atoms with Crippen LogP contribution >= 0.6 is 11.6 Å². The lowest BCUT2D eigenvalue weighted by Gasteiger charge is -1.94. The number of fused-ring (bicyclic) bond motifs is 1. The summed E-state index contributed by atoms with van der Waals surface area (Å²) in [5.41, 5.74) is 1.61. The van der Waals surface area contributed by atoms with E-state index in [1.165, 1.54) is 6.33 Å². The highest BCUT2D eigenvalue weighted by molar-refractivity contribution is 6.16. The van der Waals surface area contributed by atoms with Crippen LogP contribution in [0.5, 0.6) is 0 Å². The van der Waals surface area contributed by atoms with Gasteiger partial charge in [-0.3, -0.25) is 0 Å². The van der Waals surface area contributed by atoms with Gasteiger partial charge in [0.15, 0.2) is 5.65 Å². The molecule has 0 atom stereocenters. The Morgan fingerprint density at radius 3 is 3.08 bits per heavy atom. The van der Waals surface area contributed by atoms with E-state index in [0.717, 1.165) is 17.0 Å². The lowest BCUT2D eigenvalue weighted by Crippen LogP contribution is -1.94.